The zero-order valence-corrected chi connectivity index (χ0v) is 11.1. The first kappa shape index (κ1) is 12.8. The fraction of sp³-hybridized carbons (Fsp3) is 0.300. The molecular formula is C10H9BrCl2O2. The van der Waals surface area contributed by atoms with Crippen molar-refractivity contribution in [2.24, 2.45) is 0 Å². The van der Waals surface area contributed by atoms with E-state index in [1.807, 2.05) is 6.92 Å². The minimum atomic E-state index is -0.730. The molecule has 15 heavy (non-hydrogen) atoms. The summed E-state index contributed by atoms with van der Waals surface area (Å²) in [6.45, 7) is 2.40. The molecular weight excluding hydrogens is 303 g/mol. The van der Waals surface area contributed by atoms with Crippen molar-refractivity contribution in [2.45, 2.75) is 11.2 Å². The highest BCUT2D eigenvalue weighted by atomic mass is 79.9. The fourth-order valence-electron chi connectivity index (χ4n) is 1.05. The fourth-order valence-corrected chi connectivity index (χ4v) is 1.68. The summed E-state index contributed by atoms with van der Waals surface area (Å²) in [7, 11) is 0. The van der Waals surface area contributed by atoms with Crippen LogP contribution in [0.2, 0.25) is 5.02 Å². The van der Waals surface area contributed by atoms with Gasteiger partial charge >= 0.3 is 0 Å². The number of ether oxygens (including phenoxy) is 1. The normalized spacial score (nSPS) is 12.3. The number of carbonyl (C=O) groups is 1. The van der Waals surface area contributed by atoms with E-state index in [2.05, 4.69) is 15.9 Å². The maximum atomic E-state index is 11.5. The monoisotopic (exact) mass is 310 g/mol. The van der Waals surface area contributed by atoms with Crippen LogP contribution < -0.4 is 4.74 Å². The smallest absolute Gasteiger partial charge is 0.191 e. The summed E-state index contributed by atoms with van der Waals surface area (Å²) >= 11 is 14.5. The number of hydrogen-bond donors (Lipinski definition) is 0. The van der Waals surface area contributed by atoms with Crippen LogP contribution in [0.3, 0.4) is 0 Å². The van der Waals surface area contributed by atoms with Crippen LogP contribution in [-0.4, -0.2) is 16.7 Å². The van der Waals surface area contributed by atoms with Crippen molar-refractivity contribution in [1.82, 2.24) is 0 Å². The van der Waals surface area contributed by atoms with Gasteiger partial charge in [-0.15, -0.1) is 11.6 Å². The van der Waals surface area contributed by atoms with E-state index in [0.717, 1.165) is 0 Å². The molecule has 1 aromatic carbocycles. The van der Waals surface area contributed by atoms with Gasteiger partial charge in [-0.3, -0.25) is 4.79 Å². The Morgan fingerprint density at radius 3 is 2.73 bits per heavy atom. The van der Waals surface area contributed by atoms with E-state index in [-0.39, 0.29) is 5.78 Å². The molecule has 0 N–H and O–H groups in total. The van der Waals surface area contributed by atoms with E-state index in [9.17, 15) is 4.79 Å². The van der Waals surface area contributed by atoms with Gasteiger partial charge in [0.25, 0.3) is 0 Å². The maximum Gasteiger partial charge on any atom is 0.191 e. The first-order valence-electron chi connectivity index (χ1n) is 4.31. The second kappa shape index (κ2) is 5.73. The van der Waals surface area contributed by atoms with E-state index >= 15 is 0 Å². The maximum absolute atomic E-state index is 11.5. The molecule has 2 nitrogen and oxygen atoms in total. The van der Waals surface area contributed by atoms with Crippen LogP contribution in [0.15, 0.2) is 18.2 Å². The van der Waals surface area contributed by atoms with Crippen LogP contribution in [0.5, 0.6) is 5.75 Å². The topological polar surface area (TPSA) is 26.3 Å². The molecule has 1 aromatic rings. The Morgan fingerprint density at radius 2 is 2.27 bits per heavy atom. The van der Waals surface area contributed by atoms with Gasteiger partial charge in [0, 0.05) is 5.56 Å². The lowest BCUT2D eigenvalue weighted by atomic mass is 10.1. The number of ketones is 1. The number of alkyl halides is 2. The second-order valence-electron chi connectivity index (χ2n) is 2.74. The number of halogens is 3. The summed E-state index contributed by atoms with van der Waals surface area (Å²) in [5.74, 6) is 0.345. The predicted octanol–water partition coefficient (Wildman–Crippen LogP) is 3.88. The van der Waals surface area contributed by atoms with Crippen molar-refractivity contribution in [3.05, 3.63) is 28.8 Å². The number of rotatable bonds is 4. The van der Waals surface area contributed by atoms with Gasteiger partial charge in [0.05, 0.1) is 11.6 Å². The Kier molecular flexibility index (Phi) is 4.90. The van der Waals surface area contributed by atoms with E-state index in [4.69, 9.17) is 27.9 Å². The molecule has 5 heteroatoms. The molecule has 0 aliphatic carbocycles. The van der Waals surface area contributed by atoms with Crippen molar-refractivity contribution < 1.29 is 9.53 Å². The van der Waals surface area contributed by atoms with Crippen molar-refractivity contribution in [3.8, 4) is 5.75 Å². The lowest BCUT2D eigenvalue weighted by molar-refractivity contribution is 0.101. The molecule has 1 rings (SSSR count). The molecule has 0 bridgehead atoms. The zero-order chi connectivity index (χ0) is 11.4. The summed E-state index contributed by atoms with van der Waals surface area (Å²) in [5.41, 5.74) is 0.459. The van der Waals surface area contributed by atoms with Crippen molar-refractivity contribution in [3.63, 3.8) is 0 Å². The summed E-state index contributed by atoms with van der Waals surface area (Å²) in [5, 5.41) is 0.410. The molecule has 0 aliphatic heterocycles. The van der Waals surface area contributed by atoms with E-state index < -0.39 is 4.29 Å². The van der Waals surface area contributed by atoms with Gasteiger partial charge in [0.15, 0.2) is 10.1 Å². The molecule has 82 valence electrons. The lowest BCUT2D eigenvalue weighted by Crippen LogP contribution is -2.07. The molecule has 0 fully saturated rings. The second-order valence-corrected chi connectivity index (χ2v) is 5.03. The summed E-state index contributed by atoms with van der Waals surface area (Å²) in [4.78, 5) is 11.5. The molecule has 0 spiro atoms. The van der Waals surface area contributed by atoms with Crippen LogP contribution in [-0.2, 0) is 0 Å². The standard InChI is InChI=1S/C10H9BrCl2O2/c1-2-15-8-4-3-6(5-7(8)12)9(14)10(11)13/h3-5,10H,2H2,1H3. The average molecular weight is 312 g/mol. The minimum absolute atomic E-state index is 0.221. The van der Waals surface area contributed by atoms with E-state index in [1.165, 1.54) is 0 Å². The lowest BCUT2D eigenvalue weighted by Gasteiger charge is -2.07. The summed E-state index contributed by atoms with van der Waals surface area (Å²) in [6.07, 6.45) is 0. The SMILES string of the molecule is CCOc1ccc(C(=O)C(Cl)Br)cc1Cl. The number of hydrogen-bond acceptors (Lipinski definition) is 2. The van der Waals surface area contributed by atoms with Crippen LogP contribution in [0.4, 0.5) is 0 Å². The van der Waals surface area contributed by atoms with Crippen molar-refractivity contribution in [1.29, 1.82) is 0 Å². The highest BCUT2D eigenvalue weighted by molar-refractivity contribution is 9.10. The molecule has 0 aromatic heterocycles. The third kappa shape index (κ3) is 3.37. The largest absolute Gasteiger partial charge is 0.492 e. The number of benzene rings is 1. The van der Waals surface area contributed by atoms with Gasteiger partial charge in [0.2, 0.25) is 0 Å². The van der Waals surface area contributed by atoms with Crippen molar-refractivity contribution in [2.75, 3.05) is 6.61 Å². The molecule has 0 radical (unpaired) electrons. The molecule has 0 amide bonds. The Labute approximate surface area is 107 Å². The van der Waals surface area contributed by atoms with Gasteiger partial charge in [-0.2, -0.15) is 0 Å². The average Bonchev–Trinajstić information content (AvgIpc) is 2.20. The van der Waals surface area contributed by atoms with Crippen LogP contribution in [0, 0.1) is 0 Å². The third-order valence-corrected chi connectivity index (χ3v) is 2.62. The summed E-state index contributed by atoms with van der Waals surface area (Å²) < 4.78 is 4.51. The Morgan fingerprint density at radius 1 is 1.60 bits per heavy atom. The molecule has 1 atom stereocenters. The number of carbonyl (C=O) groups excluding carboxylic acids is 1. The van der Waals surface area contributed by atoms with Gasteiger partial charge in [-0.05, 0) is 25.1 Å². The molecule has 1 unspecified atom stereocenters. The summed E-state index contributed by atoms with van der Waals surface area (Å²) in [6, 6.07) is 4.84. The van der Waals surface area contributed by atoms with Crippen LogP contribution in [0.25, 0.3) is 0 Å². The van der Waals surface area contributed by atoms with Crippen molar-refractivity contribution >= 4 is 44.9 Å². The van der Waals surface area contributed by atoms with Crippen LogP contribution >= 0.6 is 39.1 Å². The van der Waals surface area contributed by atoms with Gasteiger partial charge in [-0.25, -0.2) is 0 Å². The Balaban J connectivity index is 2.96. The molecule has 0 saturated heterocycles. The van der Waals surface area contributed by atoms with Gasteiger partial charge < -0.3 is 4.74 Å². The first-order chi connectivity index (χ1) is 7.06. The number of Topliss-reactive ketones (excluding diaryl/α,β-unsaturated/α-hetero) is 1. The van der Waals surface area contributed by atoms with Gasteiger partial charge in [-0.1, -0.05) is 27.5 Å². The van der Waals surface area contributed by atoms with Gasteiger partial charge in [0.1, 0.15) is 5.75 Å². The van der Waals surface area contributed by atoms with Crippen LogP contribution in [0.1, 0.15) is 17.3 Å². The Bertz CT molecular complexity index is 366. The molecule has 0 heterocycles. The first-order valence-corrected chi connectivity index (χ1v) is 6.04. The zero-order valence-electron chi connectivity index (χ0n) is 7.97. The predicted molar refractivity (Wildman–Crippen MR) is 65.5 cm³/mol. The van der Waals surface area contributed by atoms with E-state index in [1.54, 1.807) is 18.2 Å². The molecule has 0 aliphatic rings. The highest BCUT2D eigenvalue weighted by Crippen LogP contribution is 2.27. The molecule has 0 saturated carbocycles. The van der Waals surface area contributed by atoms with E-state index in [0.29, 0.717) is 22.9 Å². The highest BCUT2D eigenvalue weighted by Gasteiger charge is 2.15. The third-order valence-electron chi connectivity index (χ3n) is 1.71. The quantitative estimate of drug-likeness (QED) is 0.623. The Hall–Kier alpha value is -0.250. The minimum Gasteiger partial charge on any atom is -0.492 e.